The number of rotatable bonds is 8. The van der Waals surface area contributed by atoms with Gasteiger partial charge in [0.25, 0.3) is 5.91 Å². The highest BCUT2D eigenvalue weighted by Crippen LogP contribution is 2.46. The predicted molar refractivity (Wildman–Crippen MR) is 181 cm³/mol. The van der Waals surface area contributed by atoms with E-state index in [9.17, 15) is 14.4 Å². The van der Waals surface area contributed by atoms with E-state index in [2.05, 4.69) is 68.7 Å². The largest absolute Gasteiger partial charge is 0.462 e. The van der Waals surface area contributed by atoms with Crippen LogP contribution in [0.2, 0.25) is 0 Å². The van der Waals surface area contributed by atoms with Crippen molar-refractivity contribution < 1.29 is 19.1 Å². The molecule has 0 bridgehead atoms. The topological polar surface area (TPSA) is 108 Å². The number of esters is 1. The second-order valence-corrected chi connectivity index (χ2v) is 12.7. The Balaban J connectivity index is 1.05. The van der Waals surface area contributed by atoms with Crippen molar-refractivity contribution in [3.8, 4) is 11.1 Å². The Bertz CT molecular complexity index is 1940. The van der Waals surface area contributed by atoms with Crippen molar-refractivity contribution in [1.29, 1.82) is 0 Å². The van der Waals surface area contributed by atoms with Crippen molar-refractivity contribution in [3.63, 3.8) is 0 Å². The number of nitrogens with zero attached hydrogens (tertiary/aromatic N) is 3. The smallest absolute Gasteiger partial charge is 0.340 e. The van der Waals surface area contributed by atoms with Crippen LogP contribution in [0.25, 0.3) is 22.0 Å². The number of carbonyl (C=O) groups excluding carboxylic acids is 3. The zero-order valence-electron chi connectivity index (χ0n) is 26.2. The van der Waals surface area contributed by atoms with Crippen LogP contribution in [-0.4, -0.2) is 76.4 Å². The number of hydrogen-bond acceptors (Lipinski definition) is 7. The van der Waals surface area contributed by atoms with Gasteiger partial charge in [-0.05, 0) is 54.3 Å². The van der Waals surface area contributed by atoms with E-state index in [0.29, 0.717) is 34.3 Å². The van der Waals surface area contributed by atoms with Crippen molar-refractivity contribution >= 4 is 40.4 Å². The summed E-state index contributed by atoms with van der Waals surface area (Å²) < 4.78 is 5.23. The highest BCUT2D eigenvalue weighted by molar-refractivity contribution is 7.99. The summed E-state index contributed by atoms with van der Waals surface area (Å²) >= 11 is 1.22. The molecule has 1 atom stereocenters. The lowest BCUT2D eigenvalue weighted by molar-refractivity contribution is -0.134. The molecule has 2 aromatic heterocycles. The van der Waals surface area contributed by atoms with Crippen molar-refractivity contribution in [2.75, 3.05) is 32.8 Å². The summed E-state index contributed by atoms with van der Waals surface area (Å²) in [5, 5.41) is 4.17. The average molecular weight is 646 g/mol. The van der Waals surface area contributed by atoms with Gasteiger partial charge in [-0.1, -0.05) is 78.5 Å². The van der Waals surface area contributed by atoms with Crippen LogP contribution in [0.4, 0.5) is 0 Å². The van der Waals surface area contributed by atoms with E-state index >= 15 is 0 Å². The number of amides is 2. The summed E-state index contributed by atoms with van der Waals surface area (Å²) in [5.41, 5.74) is 6.56. The van der Waals surface area contributed by atoms with Gasteiger partial charge in [-0.15, -0.1) is 0 Å². The molecule has 0 unspecified atom stereocenters. The van der Waals surface area contributed by atoms with Crippen LogP contribution in [0, 0.1) is 0 Å². The molecule has 2 amide bonds. The van der Waals surface area contributed by atoms with E-state index in [1.54, 1.807) is 32.2 Å². The monoisotopic (exact) mass is 645 g/mol. The number of benzene rings is 3. The number of para-hydroxylation sites is 1. The molecule has 0 saturated carbocycles. The normalized spacial score (nSPS) is 15.2. The molecule has 3 heterocycles. The summed E-state index contributed by atoms with van der Waals surface area (Å²) in [7, 11) is 0. The van der Waals surface area contributed by atoms with Crippen LogP contribution in [-0.2, 0) is 9.53 Å². The molecule has 0 spiro atoms. The van der Waals surface area contributed by atoms with Crippen LogP contribution in [0.5, 0.6) is 0 Å². The number of aromatic amines is 1. The second kappa shape index (κ2) is 13.1. The number of pyridine rings is 1. The lowest BCUT2D eigenvalue weighted by atomic mass is 10.0. The van der Waals surface area contributed by atoms with Crippen LogP contribution < -0.4 is 5.32 Å². The SMILES string of the molecule is CCOC(=O)c1cccnc1Sc1c(C(=O)N[C@H](C)C(=O)N2CCN(C3c4ccccc4-c4ccccc43)CC2)[nH]c2ccccc12. The fourth-order valence-corrected chi connectivity index (χ4v) is 7.74. The number of H-pyrrole nitrogens is 1. The Labute approximate surface area is 277 Å². The van der Waals surface area contributed by atoms with Crippen LogP contribution in [0.15, 0.2) is 101 Å². The minimum Gasteiger partial charge on any atom is -0.462 e. The molecule has 5 aromatic rings. The molecule has 9 nitrogen and oxygen atoms in total. The molecule has 1 aliphatic heterocycles. The first-order valence-electron chi connectivity index (χ1n) is 15.9. The van der Waals surface area contributed by atoms with Gasteiger partial charge in [0, 0.05) is 43.3 Å². The van der Waals surface area contributed by atoms with Gasteiger partial charge in [0.2, 0.25) is 5.91 Å². The molecule has 3 aromatic carbocycles. The summed E-state index contributed by atoms with van der Waals surface area (Å²) in [5.74, 6) is -1.00. The maximum absolute atomic E-state index is 13.8. The molecule has 1 saturated heterocycles. The number of aromatic nitrogens is 2. The zero-order valence-corrected chi connectivity index (χ0v) is 27.0. The molecule has 1 fully saturated rings. The Kier molecular flexibility index (Phi) is 8.53. The number of fused-ring (bicyclic) bond motifs is 4. The van der Waals surface area contributed by atoms with Crippen molar-refractivity contribution in [1.82, 2.24) is 25.1 Å². The van der Waals surface area contributed by atoms with Gasteiger partial charge in [-0.3, -0.25) is 14.5 Å². The first-order valence-corrected chi connectivity index (χ1v) is 16.7. The molecule has 47 heavy (non-hydrogen) atoms. The van der Waals surface area contributed by atoms with E-state index in [1.165, 1.54) is 34.0 Å². The van der Waals surface area contributed by atoms with Crippen LogP contribution >= 0.6 is 11.8 Å². The fourth-order valence-electron chi connectivity index (χ4n) is 6.64. The first-order chi connectivity index (χ1) is 22.9. The van der Waals surface area contributed by atoms with Crippen molar-refractivity contribution in [2.45, 2.75) is 35.9 Å². The van der Waals surface area contributed by atoms with Gasteiger partial charge in [0.1, 0.15) is 16.8 Å². The van der Waals surface area contributed by atoms with E-state index in [-0.39, 0.29) is 18.6 Å². The summed E-state index contributed by atoms with van der Waals surface area (Å²) in [6, 6.07) is 27.5. The van der Waals surface area contributed by atoms with Gasteiger partial charge in [0.05, 0.1) is 23.1 Å². The number of hydrogen-bond donors (Lipinski definition) is 2. The van der Waals surface area contributed by atoms with Gasteiger partial charge in [-0.2, -0.15) is 0 Å². The van der Waals surface area contributed by atoms with Gasteiger partial charge >= 0.3 is 5.97 Å². The second-order valence-electron chi connectivity index (χ2n) is 11.7. The number of carbonyl (C=O) groups is 3. The third kappa shape index (κ3) is 5.79. The van der Waals surface area contributed by atoms with Crippen LogP contribution in [0.1, 0.15) is 51.9 Å². The molecule has 238 valence electrons. The zero-order chi connectivity index (χ0) is 32.5. The Morgan fingerprint density at radius 2 is 1.57 bits per heavy atom. The summed E-state index contributed by atoms with van der Waals surface area (Å²) in [4.78, 5) is 52.6. The fraction of sp³-hybridized carbons (Fsp3) is 0.243. The quantitative estimate of drug-likeness (QED) is 0.202. The maximum atomic E-state index is 13.8. The number of piperazine rings is 1. The predicted octanol–water partition coefficient (Wildman–Crippen LogP) is 5.92. The molecule has 2 N–H and O–H groups in total. The van der Waals surface area contributed by atoms with E-state index in [4.69, 9.17) is 4.74 Å². The Morgan fingerprint density at radius 3 is 2.28 bits per heavy atom. The highest BCUT2D eigenvalue weighted by Gasteiger charge is 2.36. The van der Waals surface area contributed by atoms with Gasteiger partial charge in [-0.25, -0.2) is 9.78 Å². The molecule has 10 heteroatoms. The van der Waals surface area contributed by atoms with Gasteiger partial charge < -0.3 is 19.9 Å². The molecule has 0 radical (unpaired) electrons. The standard InChI is InChI=1S/C37H35N5O4S/c1-3-46-37(45)29-16-10-18-38-35(29)47-33-28-15-8-9-17-30(28)40-31(33)34(43)39-23(2)36(44)42-21-19-41(20-22-42)32-26-13-6-4-11-24(26)25-12-5-7-14-27(25)32/h4-18,23,32,40H,3,19-22H2,1-2H3,(H,39,43)/t23-/m1/s1. The number of ether oxygens (including phenoxy) is 1. The third-order valence-corrected chi connectivity index (χ3v) is 10.0. The molecule has 7 rings (SSSR count). The molecular weight excluding hydrogens is 611 g/mol. The lowest BCUT2D eigenvalue weighted by Gasteiger charge is -2.39. The van der Waals surface area contributed by atoms with E-state index < -0.39 is 17.9 Å². The van der Waals surface area contributed by atoms with Crippen molar-refractivity contribution in [3.05, 3.63) is 114 Å². The average Bonchev–Trinajstić information content (AvgIpc) is 3.64. The minimum atomic E-state index is -0.740. The maximum Gasteiger partial charge on any atom is 0.340 e. The van der Waals surface area contributed by atoms with Crippen molar-refractivity contribution in [2.24, 2.45) is 0 Å². The molecule has 1 aliphatic carbocycles. The summed E-state index contributed by atoms with van der Waals surface area (Å²) in [6.07, 6.45) is 1.60. The molecular formula is C37H35N5O4S. The highest BCUT2D eigenvalue weighted by atomic mass is 32.2. The Hall–Kier alpha value is -4.93. The summed E-state index contributed by atoms with van der Waals surface area (Å²) in [6.45, 7) is 6.32. The minimum absolute atomic E-state index is 0.121. The van der Waals surface area contributed by atoms with Crippen LogP contribution in [0.3, 0.4) is 0 Å². The first kappa shape index (κ1) is 30.7. The lowest BCUT2D eigenvalue weighted by Crippen LogP contribution is -2.54. The van der Waals surface area contributed by atoms with E-state index in [1.807, 2.05) is 29.2 Å². The van der Waals surface area contributed by atoms with Gasteiger partial charge in [0.15, 0.2) is 0 Å². The number of nitrogens with one attached hydrogen (secondary N) is 2. The van der Waals surface area contributed by atoms with E-state index in [0.717, 1.165) is 24.0 Å². The third-order valence-electron chi connectivity index (χ3n) is 8.86. The molecule has 2 aliphatic rings. The Morgan fingerprint density at radius 1 is 0.915 bits per heavy atom.